The second kappa shape index (κ2) is 12.7. The lowest BCUT2D eigenvalue weighted by Crippen LogP contribution is -2.63. The molecule has 0 saturated carbocycles. The molecule has 3 N–H and O–H groups in total. The van der Waals surface area contributed by atoms with Gasteiger partial charge in [-0.2, -0.15) is 0 Å². The molecular weight excluding hydrogens is 416 g/mol. The Kier molecular flexibility index (Phi) is 11.0. The van der Waals surface area contributed by atoms with Crippen LogP contribution < -0.4 is 0 Å². The van der Waals surface area contributed by atoms with E-state index in [1.807, 2.05) is 0 Å². The van der Waals surface area contributed by atoms with E-state index in [1.165, 1.54) is 35.5 Å². The van der Waals surface area contributed by atoms with E-state index < -0.39 is 54.6 Å². The lowest BCUT2D eigenvalue weighted by molar-refractivity contribution is -0.384. The first-order valence-corrected chi connectivity index (χ1v) is 10.4. The standard InChI is InChI=1S/C20H38O11/c1-24-11-14-12(10-23)18(28-5)20(30-14,7-9-22)31-19-17(27-4)16(26-3)15(25-2)13(29-19)6-8-21/h12-19,21-23H,6-11H2,1-5H3/t12?,13?,14-,15-,16-,17?,18-,19-,20?/m1/s1. The van der Waals surface area contributed by atoms with Crippen molar-refractivity contribution in [1.82, 2.24) is 0 Å². The van der Waals surface area contributed by atoms with Crippen molar-refractivity contribution in [2.24, 2.45) is 5.92 Å². The summed E-state index contributed by atoms with van der Waals surface area (Å²) in [6, 6.07) is 0. The molecule has 2 fully saturated rings. The van der Waals surface area contributed by atoms with Crippen molar-refractivity contribution >= 4 is 0 Å². The van der Waals surface area contributed by atoms with Gasteiger partial charge < -0.3 is 53.2 Å². The fourth-order valence-corrected chi connectivity index (χ4v) is 4.66. The van der Waals surface area contributed by atoms with E-state index in [4.69, 9.17) is 37.9 Å². The van der Waals surface area contributed by atoms with Crippen molar-refractivity contribution < 1.29 is 53.2 Å². The molecule has 0 spiro atoms. The molecule has 2 rings (SSSR count). The summed E-state index contributed by atoms with van der Waals surface area (Å²) in [6.07, 6.45) is -4.13. The van der Waals surface area contributed by atoms with E-state index in [0.717, 1.165) is 0 Å². The van der Waals surface area contributed by atoms with E-state index in [-0.39, 0.29) is 32.8 Å². The molecule has 2 heterocycles. The summed E-state index contributed by atoms with van der Waals surface area (Å²) >= 11 is 0. The summed E-state index contributed by atoms with van der Waals surface area (Å²) < 4.78 is 46.5. The van der Waals surface area contributed by atoms with Gasteiger partial charge in [-0.25, -0.2) is 0 Å². The number of methoxy groups -OCH3 is 5. The highest BCUT2D eigenvalue weighted by molar-refractivity contribution is 4.99. The molecule has 2 aliphatic heterocycles. The normalized spacial score (nSPS) is 41.0. The Balaban J connectivity index is 2.38. The summed E-state index contributed by atoms with van der Waals surface area (Å²) in [5.74, 6) is -1.87. The average molecular weight is 455 g/mol. The van der Waals surface area contributed by atoms with Gasteiger partial charge in [-0.3, -0.25) is 0 Å². The Bertz CT molecular complexity index is 510. The maximum absolute atomic E-state index is 9.97. The molecule has 0 aromatic heterocycles. The van der Waals surface area contributed by atoms with E-state index in [1.54, 1.807) is 0 Å². The summed E-state index contributed by atoms with van der Waals surface area (Å²) in [5, 5.41) is 29.3. The summed E-state index contributed by atoms with van der Waals surface area (Å²) in [7, 11) is 7.59. The topological polar surface area (TPSA) is 135 Å². The minimum absolute atomic E-state index is 0.0640. The molecule has 31 heavy (non-hydrogen) atoms. The van der Waals surface area contributed by atoms with E-state index in [2.05, 4.69) is 0 Å². The van der Waals surface area contributed by atoms with Crippen LogP contribution in [-0.4, -0.2) is 126 Å². The summed E-state index contributed by atoms with van der Waals surface area (Å²) in [5.41, 5.74) is 0. The van der Waals surface area contributed by atoms with Gasteiger partial charge in [0.25, 0.3) is 0 Å². The molecule has 11 nitrogen and oxygen atoms in total. The SMILES string of the molecule is COC[C@H]1OC(CCO)(O[C@H]2OC(CCO)[C@@H](OC)[C@@H](OC)C2OC)[C@H](OC)C1CO. The van der Waals surface area contributed by atoms with Crippen molar-refractivity contribution in [2.45, 2.75) is 61.5 Å². The van der Waals surface area contributed by atoms with E-state index in [0.29, 0.717) is 6.42 Å². The van der Waals surface area contributed by atoms with Gasteiger partial charge in [0.05, 0.1) is 25.4 Å². The molecule has 2 aliphatic rings. The molecule has 0 radical (unpaired) electrons. The van der Waals surface area contributed by atoms with Crippen LogP contribution >= 0.6 is 0 Å². The molecule has 184 valence electrons. The van der Waals surface area contributed by atoms with Crippen LogP contribution in [0.25, 0.3) is 0 Å². The highest BCUT2D eigenvalue weighted by Gasteiger charge is 2.59. The van der Waals surface area contributed by atoms with Gasteiger partial charge in [0.1, 0.15) is 24.4 Å². The van der Waals surface area contributed by atoms with Gasteiger partial charge in [-0.05, 0) is 6.42 Å². The van der Waals surface area contributed by atoms with Crippen LogP contribution in [0.3, 0.4) is 0 Å². The molecule has 0 amide bonds. The predicted octanol–water partition coefficient (Wildman–Crippen LogP) is -1.10. The molecule has 2 saturated heterocycles. The third kappa shape index (κ3) is 5.56. The maximum Gasteiger partial charge on any atom is 0.200 e. The molecule has 4 unspecified atom stereocenters. The zero-order valence-electron chi connectivity index (χ0n) is 19.0. The molecule has 11 heteroatoms. The van der Waals surface area contributed by atoms with Crippen LogP contribution in [0.4, 0.5) is 0 Å². The second-order valence-corrected chi connectivity index (χ2v) is 7.67. The Hall–Kier alpha value is -0.440. The highest BCUT2D eigenvalue weighted by Crippen LogP contribution is 2.43. The molecular formula is C20H38O11. The van der Waals surface area contributed by atoms with Crippen molar-refractivity contribution in [3.63, 3.8) is 0 Å². The lowest BCUT2D eigenvalue weighted by Gasteiger charge is -2.47. The largest absolute Gasteiger partial charge is 0.396 e. The minimum Gasteiger partial charge on any atom is -0.396 e. The zero-order valence-corrected chi connectivity index (χ0v) is 19.0. The fourth-order valence-electron chi connectivity index (χ4n) is 4.66. The first kappa shape index (κ1) is 26.8. The zero-order chi connectivity index (χ0) is 23.0. The van der Waals surface area contributed by atoms with Gasteiger partial charge >= 0.3 is 0 Å². The van der Waals surface area contributed by atoms with E-state index in [9.17, 15) is 15.3 Å². The number of aliphatic hydroxyl groups is 3. The lowest BCUT2D eigenvalue weighted by atomic mass is 9.93. The first-order valence-electron chi connectivity index (χ1n) is 10.4. The Morgan fingerprint density at radius 1 is 0.806 bits per heavy atom. The maximum atomic E-state index is 9.97. The van der Waals surface area contributed by atoms with Crippen LogP contribution in [0.5, 0.6) is 0 Å². The fraction of sp³-hybridized carbons (Fsp3) is 1.00. The molecule has 0 aromatic carbocycles. The molecule has 9 atom stereocenters. The molecule has 0 bridgehead atoms. The molecule has 0 aromatic rings. The van der Waals surface area contributed by atoms with Gasteiger partial charge in [0.15, 0.2) is 6.29 Å². The molecule has 0 aliphatic carbocycles. The number of hydrogen-bond acceptors (Lipinski definition) is 11. The third-order valence-corrected chi connectivity index (χ3v) is 6.04. The first-order chi connectivity index (χ1) is 15.0. The number of ether oxygens (including phenoxy) is 8. The van der Waals surface area contributed by atoms with Crippen molar-refractivity contribution in [3.8, 4) is 0 Å². The van der Waals surface area contributed by atoms with Crippen molar-refractivity contribution in [2.75, 3.05) is 62.0 Å². The van der Waals surface area contributed by atoms with Crippen LogP contribution in [0, 0.1) is 5.92 Å². The predicted molar refractivity (Wildman–Crippen MR) is 106 cm³/mol. The Morgan fingerprint density at radius 2 is 1.48 bits per heavy atom. The van der Waals surface area contributed by atoms with Crippen molar-refractivity contribution in [3.05, 3.63) is 0 Å². The monoisotopic (exact) mass is 454 g/mol. The van der Waals surface area contributed by atoms with Gasteiger partial charge in [-0.15, -0.1) is 0 Å². The van der Waals surface area contributed by atoms with Gasteiger partial charge in [0, 0.05) is 61.1 Å². The number of aliphatic hydroxyl groups excluding tert-OH is 3. The summed E-state index contributed by atoms with van der Waals surface area (Å²) in [6.45, 7) is -0.383. The van der Waals surface area contributed by atoms with Crippen molar-refractivity contribution in [1.29, 1.82) is 0 Å². The van der Waals surface area contributed by atoms with E-state index >= 15 is 0 Å². The minimum atomic E-state index is -1.43. The summed E-state index contributed by atoms with van der Waals surface area (Å²) in [4.78, 5) is 0. The third-order valence-electron chi connectivity index (χ3n) is 6.04. The number of hydrogen-bond donors (Lipinski definition) is 3. The quantitative estimate of drug-likeness (QED) is 0.313. The second-order valence-electron chi connectivity index (χ2n) is 7.67. The van der Waals surface area contributed by atoms with Crippen LogP contribution in [0.1, 0.15) is 12.8 Å². The Labute approximate surface area is 183 Å². The van der Waals surface area contributed by atoms with Gasteiger partial charge in [0.2, 0.25) is 5.79 Å². The van der Waals surface area contributed by atoms with Crippen LogP contribution in [0.15, 0.2) is 0 Å². The highest BCUT2D eigenvalue weighted by atomic mass is 16.8. The van der Waals surface area contributed by atoms with Crippen LogP contribution in [0.2, 0.25) is 0 Å². The van der Waals surface area contributed by atoms with Crippen LogP contribution in [-0.2, 0) is 37.9 Å². The Morgan fingerprint density at radius 3 is 1.97 bits per heavy atom. The smallest absolute Gasteiger partial charge is 0.200 e. The number of rotatable bonds is 13. The van der Waals surface area contributed by atoms with Gasteiger partial charge in [-0.1, -0.05) is 0 Å². The average Bonchev–Trinajstić information content (AvgIpc) is 3.05.